The number of nitrogens with two attached hydrogens (primary N) is 1. The van der Waals surface area contributed by atoms with Gasteiger partial charge >= 0.3 is 5.97 Å². The summed E-state index contributed by atoms with van der Waals surface area (Å²) in [6, 6.07) is 9.95. The third kappa shape index (κ3) is 7.32. The largest absolute Gasteiger partial charge is 0.463 e. The highest BCUT2D eigenvalue weighted by atomic mass is 35.5. The summed E-state index contributed by atoms with van der Waals surface area (Å²) in [6.45, 7) is 5.98. The molecule has 11 nitrogen and oxygen atoms in total. The van der Waals surface area contributed by atoms with Crippen molar-refractivity contribution >= 4 is 29.4 Å². The third-order valence-electron chi connectivity index (χ3n) is 10.5. The number of guanidine groups is 1. The number of nitrogens with zero attached hydrogens (tertiary/aromatic N) is 7. The Morgan fingerprint density at radius 1 is 1.09 bits per heavy atom. The van der Waals surface area contributed by atoms with Crippen molar-refractivity contribution in [2.45, 2.75) is 96.2 Å². The molecule has 4 aromatic rings. The molecule has 1 amide bonds. The molecule has 55 heavy (non-hydrogen) atoms. The summed E-state index contributed by atoms with van der Waals surface area (Å²) in [5.41, 5.74) is 4.51. The number of amides is 1. The van der Waals surface area contributed by atoms with Crippen molar-refractivity contribution in [3.63, 3.8) is 0 Å². The molecule has 3 heterocycles. The molecule has 2 atom stereocenters. The van der Waals surface area contributed by atoms with E-state index in [-0.39, 0.29) is 47.5 Å². The molecule has 3 aliphatic rings. The smallest absolute Gasteiger partial charge is 0.306 e. The maximum absolute atomic E-state index is 15.0. The van der Waals surface area contributed by atoms with Gasteiger partial charge in [-0.3, -0.25) is 19.2 Å². The highest BCUT2D eigenvalue weighted by Gasteiger charge is 2.60. The van der Waals surface area contributed by atoms with Crippen molar-refractivity contribution in [1.82, 2.24) is 29.4 Å². The van der Waals surface area contributed by atoms with E-state index in [1.54, 1.807) is 35.1 Å². The van der Waals surface area contributed by atoms with Gasteiger partial charge in [0.05, 0.1) is 34.8 Å². The molecule has 2 saturated carbocycles. The fourth-order valence-electron chi connectivity index (χ4n) is 7.31. The van der Waals surface area contributed by atoms with E-state index in [9.17, 15) is 26.7 Å². The Morgan fingerprint density at radius 3 is 2.38 bits per heavy atom. The van der Waals surface area contributed by atoms with Crippen LogP contribution in [-0.4, -0.2) is 59.8 Å². The third-order valence-corrected chi connectivity index (χ3v) is 10.8. The Hall–Kier alpha value is -4.86. The number of alkyl halides is 4. The minimum atomic E-state index is -3.12. The molecule has 2 aromatic carbocycles. The summed E-state index contributed by atoms with van der Waals surface area (Å²) in [4.78, 5) is 37.8. The van der Waals surface area contributed by atoms with Gasteiger partial charge in [0.15, 0.2) is 17.3 Å². The lowest BCUT2D eigenvalue weighted by molar-refractivity contribution is -0.153. The fourth-order valence-corrected chi connectivity index (χ4v) is 7.51. The number of aromatic nitrogens is 5. The molecule has 0 unspecified atom stereocenters. The molecule has 17 heteroatoms. The number of benzene rings is 2. The number of hydrogen-bond donors (Lipinski definition) is 1. The number of ether oxygens (including phenoxy) is 1. The van der Waals surface area contributed by atoms with E-state index in [1.807, 2.05) is 20.8 Å². The van der Waals surface area contributed by atoms with Crippen LogP contribution in [0.15, 0.2) is 60.0 Å². The Kier molecular flexibility index (Phi) is 9.58. The molecular formula is C38H40ClF5N8O3. The van der Waals surface area contributed by atoms with Crippen LogP contribution >= 0.6 is 11.6 Å². The highest BCUT2D eigenvalue weighted by molar-refractivity contribution is 6.32. The number of carbonyl (C=O) groups excluding carboxylic acids is 2. The Balaban J connectivity index is 1.27. The molecule has 1 aliphatic heterocycles. The van der Waals surface area contributed by atoms with E-state index >= 15 is 4.79 Å². The Bertz CT molecular complexity index is 2150. The number of carbonyl (C=O) groups is 2. The summed E-state index contributed by atoms with van der Waals surface area (Å²) in [5, 5.41) is 7.96. The number of halogens is 6. The molecule has 2 N–H and O–H groups in total. The zero-order chi connectivity index (χ0) is 39.7. The van der Waals surface area contributed by atoms with E-state index in [4.69, 9.17) is 27.1 Å². The van der Waals surface area contributed by atoms with Crippen molar-refractivity contribution in [2.75, 3.05) is 6.61 Å². The van der Waals surface area contributed by atoms with Gasteiger partial charge in [0.25, 0.3) is 18.3 Å². The molecule has 2 fully saturated rings. The summed E-state index contributed by atoms with van der Waals surface area (Å²) >= 11 is 6.47. The van der Waals surface area contributed by atoms with Gasteiger partial charge in [-0.1, -0.05) is 62.7 Å². The maximum Gasteiger partial charge on any atom is 0.306 e. The van der Waals surface area contributed by atoms with Crippen LogP contribution in [0.1, 0.15) is 102 Å². The van der Waals surface area contributed by atoms with Crippen LogP contribution in [0.4, 0.5) is 22.0 Å². The molecule has 2 aromatic heterocycles. The lowest BCUT2D eigenvalue weighted by Gasteiger charge is -2.35. The number of aliphatic imine (C=N–C) groups is 1. The second kappa shape index (κ2) is 13.7. The van der Waals surface area contributed by atoms with E-state index in [2.05, 4.69) is 15.2 Å². The van der Waals surface area contributed by atoms with Gasteiger partial charge in [-0.25, -0.2) is 32.2 Å². The second-order valence-corrected chi connectivity index (χ2v) is 16.4. The Morgan fingerprint density at radius 2 is 1.78 bits per heavy atom. The lowest BCUT2D eigenvalue weighted by Crippen LogP contribution is -2.47. The first-order valence-corrected chi connectivity index (χ1v) is 18.3. The lowest BCUT2D eigenvalue weighted by atomic mass is 9.75. The van der Waals surface area contributed by atoms with Crippen molar-refractivity contribution in [2.24, 2.45) is 21.6 Å². The van der Waals surface area contributed by atoms with Gasteiger partial charge in [-0.15, -0.1) is 5.10 Å². The van der Waals surface area contributed by atoms with Crippen LogP contribution in [0, 0.1) is 16.8 Å². The van der Waals surface area contributed by atoms with Gasteiger partial charge in [0.2, 0.25) is 5.95 Å². The van der Waals surface area contributed by atoms with E-state index in [1.165, 1.54) is 18.2 Å². The molecule has 2 aliphatic carbocycles. The molecule has 0 spiro atoms. The molecule has 0 saturated heterocycles. The van der Waals surface area contributed by atoms with Crippen LogP contribution < -0.4 is 5.73 Å². The SMILES string of the molecule is CC(C)(C)C[C@]1(c2ccc(-c3cn(C4CC4)nc3F)cc2)N=C(N)N([C@H](COC(=O)CC2(C(C)(F)F)CC2)c2ccc(Cl)c(-n3ncnc3C(F)F)c2)C1=O. The first-order chi connectivity index (χ1) is 25.8. The van der Waals surface area contributed by atoms with Gasteiger partial charge in [-0.05, 0) is 73.3 Å². The van der Waals surface area contributed by atoms with Crippen LogP contribution in [0.25, 0.3) is 16.8 Å². The minimum absolute atomic E-state index is 0.0122. The molecule has 292 valence electrons. The van der Waals surface area contributed by atoms with Crippen molar-refractivity contribution in [1.29, 1.82) is 0 Å². The van der Waals surface area contributed by atoms with Crippen LogP contribution in [-0.2, 0) is 19.9 Å². The summed E-state index contributed by atoms with van der Waals surface area (Å²) in [6.07, 6.45) is 1.35. The average molecular weight is 787 g/mol. The molecule has 7 rings (SSSR count). The predicted octanol–water partition coefficient (Wildman–Crippen LogP) is 8.09. The second-order valence-electron chi connectivity index (χ2n) is 16.0. The Labute approximate surface area is 318 Å². The molecule has 0 bridgehead atoms. The summed E-state index contributed by atoms with van der Waals surface area (Å²) < 4.78 is 79.6. The van der Waals surface area contributed by atoms with Gasteiger partial charge in [0.1, 0.15) is 12.9 Å². The van der Waals surface area contributed by atoms with E-state index in [0.29, 0.717) is 16.7 Å². The maximum atomic E-state index is 15.0. The predicted molar refractivity (Wildman–Crippen MR) is 192 cm³/mol. The average Bonchev–Trinajstić information content (AvgIpc) is 4.00. The van der Waals surface area contributed by atoms with Crippen molar-refractivity contribution < 1.29 is 36.3 Å². The first-order valence-electron chi connectivity index (χ1n) is 17.9. The van der Waals surface area contributed by atoms with Crippen molar-refractivity contribution in [3.8, 4) is 16.8 Å². The number of esters is 1. The van der Waals surface area contributed by atoms with Gasteiger partial charge in [-0.2, -0.15) is 9.49 Å². The van der Waals surface area contributed by atoms with Gasteiger partial charge in [0, 0.05) is 11.6 Å². The number of hydrogen-bond acceptors (Lipinski definition) is 8. The highest BCUT2D eigenvalue weighted by Crippen LogP contribution is 2.59. The monoisotopic (exact) mass is 786 g/mol. The zero-order valence-electron chi connectivity index (χ0n) is 30.6. The van der Waals surface area contributed by atoms with Crippen LogP contribution in [0.5, 0.6) is 0 Å². The normalized spacial score (nSPS) is 20.2. The number of rotatable bonds is 13. The first kappa shape index (κ1) is 38.4. The molecular weight excluding hydrogens is 747 g/mol. The summed E-state index contributed by atoms with van der Waals surface area (Å²) in [5.74, 6) is -6.17. The summed E-state index contributed by atoms with van der Waals surface area (Å²) in [7, 11) is 0. The van der Waals surface area contributed by atoms with Crippen LogP contribution in [0.2, 0.25) is 5.02 Å². The van der Waals surface area contributed by atoms with Crippen LogP contribution in [0.3, 0.4) is 0 Å². The standard InChI is InChI=1S/C38H40ClF5N8O3/c1-35(2,3)19-38(23-8-5-21(6-9-23)25-17-50(24-10-11-24)49-31(25)42)33(54)51(34(45)48-38)28(18-55-29(53)16-37(13-14-37)36(4,43)44)22-7-12-26(39)27(15-22)52-32(30(40)41)46-20-47-52/h5-9,12,15,17,20,24,28,30H,10-11,13-14,16,18-19H2,1-4H3,(H2,45,48)/t28-,38-/m1/s1. The quantitative estimate of drug-likeness (QED) is 0.107. The van der Waals surface area contributed by atoms with Gasteiger partial charge < -0.3 is 10.5 Å². The topological polar surface area (TPSA) is 134 Å². The van der Waals surface area contributed by atoms with E-state index < -0.39 is 71.4 Å². The zero-order valence-corrected chi connectivity index (χ0v) is 31.3. The van der Waals surface area contributed by atoms with Crippen molar-refractivity contribution in [3.05, 3.63) is 82.9 Å². The molecule has 0 radical (unpaired) electrons. The fraction of sp³-hybridized carbons (Fsp3) is 0.474. The minimum Gasteiger partial charge on any atom is -0.463 e. The van der Waals surface area contributed by atoms with E-state index in [0.717, 1.165) is 35.7 Å².